The minimum absolute atomic E-state index is 0.0534. The van der Waals surface area contributed by atoms with Crippen molar-refractivity contribution >= 4 is 23.0 Å². The van der Waals surface area contributed by atoms with Crippen LogP contribution in [-0.4, -0.2) is 30.5 Å². The van der Waals surface area contributed by atoms with E-state index in [9.17, 15) is 14.9 Å². The molecule has 0 bridgehead atoms. The maximum absolute atomic E-state index is 13.1. The Bertz CT molecular complexity index is 914. The van der Waals surface area contributed by atoms with E-state index in [4.69, 9.17) is 4.74 Å². The zero-order valence-corrected chi connectivity index (χ0v) is 15.8. The molecule has 0 saturated carbocycles. The van der Waals surface area contributed by atoms with Gasteiger partial charge in [0.05, 0.1) is 18.0 Å². The number of methoxy groups -OCH3 is 1. The Morgan fingerprint density at radius 1 is 1.25 bits per heavy atom. The van der Waals surface area contributed by atoms with Gasteiger partial charge in [-0.05, 0) is 49.4 Å². The fraction of sp³-hybridized carbons (Fsp3) is 0.381. The fourth-order valence-electron chi connectivity index (χ4n) is 4.38. The minimum Gasteiger partial charge on any atom is -0.497 e. The van der Waals surface area contributed by atoms with Gasteiger partial charge in [-0.3, -0.25) is 14.9 Å². The summed E-state index contributed by atoms with van der Waals surface area (Å²) >= 11 is 0. The normalized spacial score (nSPS) is 20.7. The third kappa shape index (κ3) is 3.40. The molecule has 1 amide bonds. The highest BCUT2D eigenvalue weighted by Gasteiger charge is 2.40. The van der Waals surface area contributed by atoms with Crippen LogP contribution in [0.5, 0.6) is 5.75 Å². The highest BCUT2D eigenvalue weighted by Crippen LogP contribution is 2.40. The van der Waals surface area contributed by atoms with E-state index in [0.717, 1.165) is 37.1 Å². The van der Waals surface area contributed by atoms with Gasteiger partial charge < -0.3 is 15.0 Å². The fourth-order valence-corrected chi connectivity index (χ4v) is 4.38. The molecule has 146 valence electrons. The van der Waals surface area contributed by atoms with Crippen molar-refractivity contribution in [2.24, 2.45) is 5.92 Å². The van der Waals surface area contributed by atoms with Crippen molar-refractivity contribution < 1.29 is 14.5 Å². The van der Waals surface area contributed by atoms with Gasteiger partial charge in [-0.1, -0.05) is 6.07 Å². The number of non-ortho nitro benzene ring substituents is 1. The first-order chi connectivity index (χ1) is 13.6. The first-order valence-electron chi connectivity index (χ1n) is 9.55. The van der Waals surface area contributed by atoms with Crippen LogP contribution in [0.25, 0.3) is 0 Å². The number of carbonyl (C=O) groups is 1. The SMILES string of the molecule is COc1cccc(NC(=O)[C@@H]2Cc3cc([N+](=O)[O-])ccc3N3CCCC[C@@H]23)c1. The smallest absolute Gasteiger partial charge is 0.269 e. The van der Waals surface area contributed by atoms with Crippen LogP contribution in [-0.2, 0) is 11.2 Å². The number of nitro groups is 1. The summed E-state index contributed by atoms with van der Waals surface area (Å²) in [6.45, 7) is 0.873. The number of nitrogens with zero attached hydrogens (tertiary/aromatic N) is 2. The van der Waals surface area contributed by atoms with Gasteiger partial charge in [0, 0.05) is 42.2 Å². The molecule has 0 unspecified atom stereocenters. The Morgan fingerprint density at radius 3 is 2.89 bits per heavy atom. The zero-order valence-electron chi connectivity index (χ0n) is 15.8. The Balaban J connectivity index is 1.63. The Kier molecular flexibility index (Phi) is 4.90. The van der Waals surface area contributed by atoms with Gasteiger partial charge in [-0.15, -0.1) is 0 Å². The number of rotatable bonds is 4. The topological polar surface area (TPSA) is 84.7 Å². The summed E-state index contributed by atoms with van der Waals surface area (Å²) in [5.41, 5.74) is 2.66. The van der Waals surface area contributed by atoms with Crippen molar-refractivity contribution in [2.75, 3.05) is 23.9 Å². The number of piperidine rings is 1. The summed E-state index contributed by atoms with van der Waals surface area (Å²) in [4.78, 5) is 26.2. The van der Waals surface area contributed by atoms with Crippen LogP contribution in [0.1, 0.15) is 24.8 Å². The van der Waals surface area contributed by atoms with Crippen LogP contribution in [0.2, 0.25) is 0 Å². The van der Waals surface area contributed by atoms with E-state index in [0.29, 0.717) is 17.9 Å². The number of nitro benzene ring substituents is 1. The standard InChI is InChI=1S/C21H23N3O4/c1-28-17-6-4-5-15(13-17)22-21(25)18-12-14-11-16(24(26)27)8-9-19(14)23-10-3-2-7-20(18)23/h4-6,8-9,11,13,18,20H,2-3,7,10,12H2,1H3,(H,22,25)/t18-,20+/m1/s1. The second-order valence-electron chi connectivity index (χ2n) is 7.36. The van der Waals surface area contributed by atoms with Gasteiger partial charge in [0.15, 0.2) is 0 Å². The largest absolute Gasteiger partial charge is 0.497 e. The van der Waals surface area contributed by atoms with Gasteiger partial charge in [-0.2, -0.15) is 0 Å². The molecular weight excluding hydrogens is 358 g/mol. The number of anilines is 2. The van der Waals surface area contributed by atoms with Crippen LogP contribution < -0.4 is 15.0 Å². The number of benzene rings is 2. The summed E-state index contributed by atoms with van der Waals surface area (Å²) in [5, 5.41) is 14.2. The number of hydrogen-bond donors (Lipinski definition) is 1. The molecule has 0 spiro atoms. The van der Waals surface area contributed by atoms with E-state index in [2.05, 4.69) is 10.2 Å². The lowest BCUT2D eigenvalue weighted by Crippen LogP contribution is -2.51. The van der Waals surface area contributed by atoms with Crippen molar-refractivity contribution in [2.45, 2.75) is 31.7 Å². The summed E-state index contributed by atoms with van der Waals surface area (Å²) in [7, 11) is 1.59. The molecule has 2 aromatic carbocycles. The van der Waals surface area contributed by atoms with E-state index in [1.165, 1.54) is 0 Å². The predicted molar refractivity (Wildman–Crippen MR) is 107 cm³/mol. The maximum Gasteiger partial charge on any atom is 0.269 e. The maximum atomic E-state index is 13.1. The van der Waals surface area contributed by atoms with E-state index in [1.54, 1.807) is 25.3 Å². The van der Waals surface area contributed by atoms with E-state index >= 15 is 0 Å². The van der Waals surface area contributed by atoms with Crippen LogP contribution in [0.4, 0.5) is 17.1 Å². The molecule has 0 aromatic heterocycles. The highest BCUT2D eigenvalue weighted by molar-refractivity contribution is 5.94. The summed E-state index contributed by atoms with van der Waals surface area (Å²) in [6.07, 6.45) is 3.62. The van der Waals surface area contributed by atoms with E-state index in [-0.39, 0.29) is 28.5 Å². The molecule has 7 heteroatoms. The van der Waals surface area contributed by atoms with Crippen molar-refractivity contribution in [1.29, 1.82) is 0 Å². The molecule has 1 saturated heterocycles. The molecule has 0 aliphatic carbocycles. The van der Waals surface area contributed by atoms with Gasteiger partial charge >= 0.3 is 0 Å². The molecule has 7 nitrogen and oxygen atoms in total. The summed E-state index contributed by atoms with van der Waals surface area (Å²) in [6, 6.07) is 12.4. The third-order valence-electron chi connectivity index (χ3n) is 5.71. The number of fused-ring (bicyclic) bond motifs is 3. The van der Waals surface area contributed by atoms with Crippen molar-refractivity contribution in [1.82, 2.24) is 0 Å². The molecule has 2 atom stereocenters. The molecule has 0 radical (unpaired) electrons. The second-order valence-corrected chi connectivity index (χ2v) is 7.36. The Morgan fingerprint density at radius 2 is 2.11 bits per heavy atom. The van der Waals surface area contributed by atoms with E-state index in [1.807, 2.05) is 24.3 Å². The van der Waals surface area contributed by atoms with Crippen LogP contribution in [0, 0.1) is 16.0 Å². The molecule has 1 N–H and O–H groups in total. The second kappa shape index (κ2) is 7.50. The van der Waals surface area contributed by atoms with Crippen LogP contribution in [0.3, 0.4) is 0 Å². The number of nitrogens with one attached hydrogen (secondary N) is 1. The lowest BCUT2D eigenvalue weighted by molar-refractivity contribution is -0.384. The quantitative estimate of drug-likeness (QED) is 0.644. The minimum atomic E-state index is -0.381. The van der Waals surface area contributed by atoms with Gasteiger partial charge in [0.1, 0.15) is 5.75 Å². The van der Waals surface area contributed by atoms with Gasteiger partial charge in [0.2, 0.25) is 5.91 Å². The van der Waals surface area contributed by atoms with Gasteiger partial charge in [0.25, 0.3) is 5.69 Å². The molecule has 2 heterocycles. The van der Waals surface area contributed by atoms with Gasteiger partial charge in [-0.25, -0.2) is 0 Å². The average molecular weight is 381 g/mol. The Labute approximate surface area is 163 Å². The number of hydrogen-bond acceptors (Lipinski definition) is 5. The molecule has 2 aliphatic rings. The molecule has 1 fully saturated rings. The number of amides is 1. The number of ether oxygens (including phenoxy) is 1. The predicted octanol–water partition coefficient (Wildman–Crippen LogP) is 3.77. The summed E-state index contributed by atoms with van der Waals surface area (Å²) < 4.78 is 5.23. The van der Waals surface area contributed by atoms with Crippen LogP contribution >= 0.6 is 0 Å². The lowest BCUT2D eigenvalue weighted by Gasteiger charge is -2.45. The zero-order chi connectivity index (χ0) is 19.7. The van der Waals surface area contributed by atoms with Crippen molar-refractivity contribution in [3.63, 3.8) is 0 Å². The van der Waals surface area contributed by atoms with Crippen molar-refractivity contribution in [3.05, 3.63) is 58.1 Å². The highest BCUT2D eigenvalue weighted by atomic mass is 16.6. The Hall–Kier alpha value is -3.09. The van der Waals surface area contributed by atoms with Crippen molar-refractivity contribution in [3.8, 4) is 5.75 Å². The molecule has 2 aliphatic heterocycles. The molecule has 2 aromatic rings. The first kappa shape index (κ1) is 18.3. The average Bonchev–Trinajstić information content (AvgIpc) is 2.72. The molecule has 4 rings (SSSR count). The first-order valence-corrected chi connectivity index (χ1v) is 9.55. The molecule has 28 heavy (non-hydrogen) atoms. The monoisotopic (exact) mass is 381 g/mol. The van der Waals surface area contributed by atoms with E-state index < -0.39 is 0 Å². The van der Waals surface area contributed by atoms with Crippen LogP contribution in [0.15, 0.2) is 42.5 Å². The third-order valence-corrected chi connectivity index (χ3v) is 5.71. The summed E-state index contributed by atoms with van der Waals surface area (Å²) in [5.74, 6) is 0.380. The lowest BCUT2D eigenvalue weighted by atomic mass is 9.80. The number of carbonyl (C=O) groups excluding carboxylic acids is 1. The molecular formula is C21H23N3O4.